The van der Waals surface area contributed by atoms with Crippen molar-refractivity contribution in [1.82, 2.24) is 19.7 Å². The number of fused-ring (bicyclic) bond motifs is 1. The number of benzene rings is 3. The van der Waals surface area contributed by atoms with Gasteiger partial charge in [-0.05, 0) is 24.3 Å². The van der Waals surface area contributed by atoms with E-state index in [4.69, 9.17) is 20.8 Å². The Morgan fingerprint density at radius 1 is 0.618 bits per heavy atom. The van der Waals surface area contributed by atoms with Gasteiger partial charge >= 0.3 is 0 Å². The minimum Gasteiger partial charge on any atom is -0.383 e. The van der Waals surface area contributed by atoms with Gasteiger partial charge in [0, 0.05) is 37.4 Å². The van der Waals surface area contributed by atoms with Gasteiger partial charge in [0.2, 0.25) is 5.95 Å². The van der Waals surface area contributed by atoms with Crippen molar-refractivity contribution in [2.75, 3.05) is 41.7 Å². The van der Waals surface area contributed by atoms with Crippen LogP contribution in [0, 0.1) is 0 Å². The molecule has 1 aliphatic heterocycles. The summed E-state index contributed by atoms with van der Waals surface area (Å²) in [4.78, 5) is 14.5. The second-order valence-corrected chi connectivity index (χ2v) is 8.38. The van der Waals surface area contributed by atoms with Crippen LogP contribution in [0.1, 0.15) is 0 Å². The molecule has 1 fully saturated rings. The number of hydrogen-bond donors (Lipinski definition) is 1. The maximum atomic E-state index is 6.62. The number of para-hydroxylation sites is 2. The number of nitrogen functional groups attached to an aromatic ring is 1. The van der Waals surface area contributed by atoms with Gasteiger partial charge in [0.1, 0.15) is 5.82 Å². The van der Waals surface area contributed by atoms with Gasteiger partial charge in [0.25, 0.3) is 0 Å². The van der Waals surface area contributed by atoms with Crippen LogP contribution in [-0.4, -0.2) is 45.9 Å². The molecule has 0 aliphatic carbocycles. The summed E-state index contributed by atoms with van der Waals surface area (Å²) in [6.07, 6.45) is 0. The summed E-state index contributed by atoms with van der Waals surface area (Å²) in [6.45, 7) is 3.49. The lowest BCUT2D eigenvalue weighted by atomic mass is 10.1. The maximum absolute atomic E-state index is 6.62. The molecule has 1 saturated heterocycles. The Kier molecular flexibility index (Phi) is 5.07. The lowest BCUT2D eigenvalue weighted by Gasteiger charge is -2.36. The number of piperazine rings is 1. The van der Waals surface area contributed by atoms with E-state index in [-0.39, 0.29) is 0 Å². The third kappa shape index (κ3) is 3.61. The molecule has 2 N–H and O–H groups in total. The Morgan fingerprint density at radius 2 is 1.18 bits per heavy atom. The van der Waals surface area contributed by atoms with Crippen molar-refractivity contribution in [1.29, 1.82) is 0 Å². The van der Waals surface area contributed by atoms with Crippen LogP contribution in [0.5, 0.6) is 0 Å². The molecule has 3 heterocycles. The first-order valence-corrected chi connectivity index (χ1v) is 11.5. The number of aromatic nitrogens is 4. The fourth-order valence-electron chi connectivity index (χ4n) is 4.52. The lowest BCUT2D eigenvalue weighted by Crippen LogP contribution is -2.47. The maximum Gasteiger partial charge on any atom is 0.228 e. The van der Waals surface area contributed by atoms with E-state index in [1.165, 1.54) is 5.69 Å². The first-order chi connectivity index (χ1) is 16.8. The highest BCUT2D eigenvalue weighted by Gasteiger charge is 2.24. The van der Waals surface area contributed by atoms with E-state index < -0.39 is 0 Å². The van der Waals surface area contributed by atoms with Crippen molar-refractivity contribution >= 4 is 28.5 Å². The van der Waals surface area contributed by atoms with Crippen LogP contribution in [0.15, 0.2) is 91.0 Å². The Bertz CT molecular complexity index is 1410. The van der Waals surface area contributed by atoms with E-state index >= 15 is 0 Å². The van der Waals surface area contributed by atoms with Crippen LogP contribution in [-0.2, 0) is 0 Å². The summed E-state index contributed by atoms with van der Waals surface area (Å²) in [5.74, 6) is 1.23. The summed E-state index contributed by atoms with van der Waals surface area (Å²) in [5, 5.41) is 5.57. The first-order valence-electron chi connectivity index (χ1n) is 11.5. The molecule has 7 heteroatoms. The van der Waals surface area contributed by atoms with Crippen LogP contribution in [0.25, 0.3) is 28.0 Å². The van der Waals surface area contributed by atoms with E-state index in [0.717, 1.165) is 48.5 Å². The fraction of sp³-hybridized carbons (Fsp3) is 0.148. The largest absolute Gasteiger partial charge is 0.383 e. The Labute approximate surface area is 198 Å². The van der Waals surface area contributed by atoms with Crippen molar-refractivity contribution in [2.45, 2.75) is 0 Å². The van der Waals surface area contributed by atoms with E-state index in [1.807, 2.05) is 54.6 Å². The molecule has 0 saturated carbocycles. The van der Waals surface area contributed by atoms with Crippen molar-refractivity contribution in [3.8, 4) is 16.9 Å². The van der Waals surface area contributed by atoms with Crippen molar-refractivity contribution in [3.05, 3.63) is 91.0 Å². The van der Waals surface area contributed by atoms with Crippen molar-refractivity contribution < 1.29 is 0 Å². The third-order valence-electron chi connectivity index (χ3n) is 6.29. The summed E-state index contributed by atoms with van der Waals surface area (Å²) in [7, 11) is 0. The van der Waals surface area contributed by atoms with Crippen LogP contribution >= 0.6 is 0 Å². The summed E-state index contributed by atoms with van der Waals surface area (Å²) in [5.41, 5.74) is 11.2. The number of rotatable bonds is 4. The van der Waals surface area contributed by atoms with Crippen molar-refractivity contribution in [2.24, 2.45) is 0 Å². The van der Waals surface area contributed by atoms with Crippen LogP contribution in [0.2, 0.25) is 0 Å². The van der Waals surface area contributed by atoms with Gasteiger partial charge in [-0.3, -0.25) is 0 Å². The molecule has 5 aromatic rings. The highest BCUT2D eigenvalue weighted by molar-refractivity contribution is 5.99. The van der Waals surface area contributed by atoms with Crippen LogP contribution in [0.3, 0.4) is 0 Å². The molecule has 1 aliphatic rings. The molecule has 7 nitrogen and oxygen atoms in total. The van der Waals surface area contributed by atoms with Crippen LogP contribution < -0.4 is 15.5 Å². The molecule has 0 spiro atoms. The molecule has 168 valence electrons. The quantitative estimate of drug-likeness (QED) is 0.440. The Balaban J connectivity index is 1.41. The normalized spacial score (nSPS) is 14.0. The summed E-state index contributed by atoms with van der Waals surface area (Å²) >= 11 is 0. The smallest absolute Gasteiger partial charge is 0.228 e. The third-order valence-corrected chi connectivity index (χ3v) is 6.29. The zero-order valence-corrected chi connectivity index (χ0v) is 18.7. The molecular weight excluding hydrogens is 422 g/mol. The minimum absolute atomic E-state index is 0.542. The van der Waals surface area contributed by atoms with E-state index in [1.54, 1.807) is 4.68 Å². The molecule has 0 bridgehead atoms. The average Bonchev–Trinajstić information content (AvgIpc) is 3.26. The number of hydrogen-bond acceptors (Lipinski definition) is 6. The molecule has 0 radical (unpaired) electrons. The fourth-order valence-corrected chi connectivity index (χ4v) is 4.52. The number of anilines is 3. The SMILES string of the molecule is Nc1c2c(-c3ccccc3)nc(N3CCN(c4ccccc4)CC3)nc2nn1-c1ccccc1. The van der Waals surface area contributed by atoms with Gasteiger partial charge < -0.3 is 15.5 Å². The predicted molar refractivity (Wildman–Crippen MR) is 137 cm³/mol. The van der Waals surface area contributed by atoms with E-state index in [0.29, 0.717) is 17.4 Å². The standard InChI is InChI=1S/C27H25N7/c28-25-23-24(20-10-4-1-5-11-20)29-27(30-26(23)31-34(25)22-14-8-3-9-15-22)33-18-16-32(17-19-33)21-12-6-2-7-13-21/h1-15H,16-19,28H2. The van der Waals surface area contributed by atoms with Gasteiger partial charge in [0.15, 0.2) is 5.65 Å². The lowest BCUT2D eigenvalue weighted by molar-refractivity contribution is 0.641. The zero-order valence-electron chi connectivity index (χ0n) is 18.7. The number of nitrogens with zero attached hydrogens (tertiary/aromatic N) is 6. The molecule has 0 unspecified atom stereocenters. The highest BCUT2D eigenvalue weighted by Crippen LogP contribution is 2.33. The molecule has 3 aromatic carbocycles. The monoisotopic (exact) mass is 447 g/mol. The van der Waals surface area contributed by atoms with Gasteiger partial charge in [-0.25, -0.2) is 9.67 Å². The molecule has 0 atom stereocenters. The summed E-state index contributed by atoms with van der Waals surface area (Å²) in [6, 6.07) is 30.6. The average molecular weight is 448 g/mol. The number of nitrogens with two attached hydrogens (primary N) is 1. The van der Waals surface area contributed by atoms with E-state index in [2.05, 4.69) is 46.2 Å². The topological polar surface area (TPSA) is 76.1 Å². The molecule has 34 heavy (non-hydrogen) atoms. The summed E-state index contributed by atoms with van der Waals surface area (Å²) < 4.78 is 1.75. The van der Waals surface area contributed by atoms with Crippen LogP contribution in [0.4, 0.5) is 17.5 Å². The molecule has 6 rings (SSSR count). The second kappa shape index (κ2) is 8.51. The molecule has 2 aromatic heterocycles. The second-order valence-electron chi connectivity index (χ2n) is 8.38. The van der Waals surface area contributed by atoms with E-state index in [9.17, 15) is 0 Å². The Hall–Kier alpha value is -4.39. The first kappa shape index (κ1) is 20.2. The van der Waals surface area contributed by atoms with Gasteiger partial charge in [-0.15, -0.1) is 5.10 Å². The van der Waals surface area contributed by atoms with Gasteiger partial charge in [0.05, 0.1) is 16.8 Å². The van der Waals surface area contributed by atoms with Crippen molar-refractivity contribution in [3.63, 3.8) is 0 Å². The highest BCUT2D eigenvalue weighted by atomic mass is 15.4. The van der Waals surface area contributed by atoms with Gasteiger partial charge in [-0.1, -0.05) is 66.7 Å². The Morgan fingerprint density at radius 3 is 1.82 bits per heavy atom. The van der Waals surface area contributed by atoms with Gasteiger partial charge in [-0.2, -0.15) is 4.98 Å². The minimum atomic E-state index is 0.542. The predicted octanol–water partition coefficient (Wildman–Crippen LogP) is 4.39. The molecular formula is C27H25N7. The molecule has 0 amide bonds. The zero-order chi connectivity index (χ0) is 22.9.